The molecule has 124 valence electrons. The van der Waals surface area contributed by atoms with Gasteiger partial charge in [-0.15, -0.1) is 0 Å². The lowest BCUT2D eigenvalue weighted by Crippen LogP contribution is -2.52. The Hall–Kier alpha value is -0.120. The first-order valence-electron chi connectivity index (χ1n) is 9.33. The molecule has 0 saturated carbocycles. The Bertz CT molecular complexity index is 280. The molecule has 0 aromatic rings. The average Bonchev–Trinajstić information content (AvgIpc) is 2.46. The molecule has 0 radical (unpaired) electrons. The second kappa shape index (κ2) is 9.12. The van der Waals surface area contributed by atoms with E-state index in [2.05, 4.69) is 36.0 Å². The lowest BCUT2D eigenvalue weighted by Gasteiger charge is -2.46. The molecule has 1 N–H and O–H groups in total. The van der Waals surface area contributed by atoms with Gasteiger partial charge >= 0.3 is 0 Å². The van der Waals surface area contributed by atoms with E-state index in [0.717, 1.165) is 12.0 Å². The Morgan fingerprint density at radius 2 is 1.86 bits per heavy atom. The van der Waals surface area contributed by atoms with E-state index < -0.39 is 0 Å². The summed E-state index contributed by atoms with van der Waals surface area (Å²) in [5.74, 6) is 0.952. The predicted molar refractivity (Wildman–Crippen MR) is 91.8 cm³/mol. The fourth-order valence-corrected chi connectivity index (χ4v) is 4.14. The predicted octanol–water partition coefficient (Wildman–Crippen LogP) is 2.96. The van der Waals surface area contributed by atoms with Crippen molar-refractivity contribution in [3.63, 3.8) is 0 Å². The maximum Gasteiger partial charge on any atom is 0.0145 e. The van der Waals surface area contributed by atoms with E-state index >= 15 is 0 Å². The summed E-state index contributed by atoms with van der Waals surface area (Å²) < 4.78 is 0. The zero-order valence-electron chi connectivity index (χ0n) is 14.6. The van der Waals surface area contributed by atoms with Crippen LogP contribution in [0.25, 0.3) is 0 Å². The largest absolute Gasteiger partial charge is 0.315 e. The number of hydrogen-bond acceptors (Lipinski definition) is 3. The standard InChI is InChI=1S/C18H37N3/c1-16(2)19-11-6-4-5-7-13-21-14-10-18-17(15-21)9-8-12-20(18)3/h16-19H,4-15H2,1-3H3. The van der Waals surface area contributed by atoms with E-state index in [1.54, 1.807) is 0 Å². The molecule has 2 aliphatic rings. The van der Waals surface area contributed by atoms with Crippen LogP contribution in [0.15, 0.2) is 0 Å². The first-order chi connectivity index (χ1) is 10.2. The zero-order valence-corrected chi connectivity index (χ0v) is 14.6. The molecule has 2 saturated heterocycles. The number of unbranched alkanes of at least 4 members (excludes halogenated alkanes) is 3. The number of likely N-dealkylation sites (tertiary alicyclic amines) is 2. The topological polar surface area (TPSA) is 18.5 Å². The fourth-order valence-electron chi connectivity index (χ4n) is 4.14. The highest BCUT2D eigenvalue weighted by molar-refractivity contribution is 4.89. The van der Waals surface area contributed by atoms with Crippen LogP contribution in [-0.2, 0) is 0 Å². The molecule has 0 spiro atoms. The van der Waals surface area contributed by atoms with Gasteiger partial charge in [0.05, 0.1) is 0 Å². The number of nitrogens with one attached hydrogen (secondary N) is 1. The van der Waals surface area contributed by atoms with Crippen molar-refractivity contribution in [2.24, 2.45) is 5.92 Å². The van der Waals surface area contributed by atoms with Crippen LogP contribution in [0.5, 0.6) is 0 Å². The molecular weight excluding hydrogens is 258 g/mol. The molecule has 2 unspecified atom stereocenters. The average molecular weight is 296 g/mol. The third-order valence-electron chi connectivity index (χ3n) is 5.38. The van der Waals surface area contributed by atoms with Crippen LogP contribution in [-0.4, -0.2) is 61.7 Å². The molecule has 0 bridgehead atoms. The minimum Gasteiger partial charge on any atom is -0.315 e. The second-order valence-corrected chi connectivity index (χ2v) is 7.56. The molecule has 0 aromatic heterocycles. The van der Waals surface area contributed by atoms with Gasteiger partial charge in [0, 0.05) is 18.6 Å². The molecule has 2 rings (SSSR count). The Kier molecular flexibility index (Phi) is 7.48. The molecule has 0 aliphatic carbocycles. The van der Waals surface area contributed by atoms with Crippen LogP contribution >= 0.6 is 0 Å². The van der Waals surface area contributed by atoms with Crippen LogP contribution in [0.2, 0.25) is 0 Å². The van der Waals surface area contributed by atoms with E-state index in [9.17, 15) is 0 Å². The molecule has 3 heteroatoms. The molecule has 2 heterocycles. The first-order valence-corrected chi connectivity index (χ1v) is 9.33. The van der Waals surface area contributed by atoms with Crippen molar-refractivity contribution in [1.29, 1.82) is 0 Å². The second-order valence-electron chi connectivity index (χ2n) is 7.56. The van der Waals surface area contributed by atoms with E-state index in [1.807, 2.05) is 0 Å². The molecule has 21 heavy (non-hydrogen) atoms. The van der Waals surface area contributed by atoms with Crippen molar-refractivity contribution < 1.29 is 0 Å². The van der Waals surface area contributed by atoms with E-state index in [-0.39, 0.29) is 0 Å². The minimum absolute atomic E-state index is 0.639. The van der Waals surface area contributed by atoms with E-state index in [0.29, 0.717) is 6.04 Å². The summed E-state index contributed by atoms with van der Waals surface area (Å²) in [5, 5.41) is 3.51. The highest BCUT2D eigenvalue weighted by atomic mass is 15.2. The Morgan fingerprint density at radius 1 is 1.05 bits per heavy atom. The number of nitrogens with zero attached hydrogens (tertiary/aromatic N) is 2. The number of hydrogen-bond donors (Lipinski definition) is 1. The van der Waals surface area contributed by atoms with Crippen molar-refractivity contribution in [2.75, 3.05) is 39.8 Å². The lowest BCUT2D eigenvalue weighted by atomic mass is 9.84. The van der Waals surface area contributed by atoms with Gasteiger partial charge in [-0.25, -0.2) is 0 Å². The van der Waals surface area contributed by atoms with Crippen LogP contribution in [0.4, 0.5) is 0 Å². The van der Waals surface area contributed by atoms with Crippen LogP contribution in [0, 0.1) is 5.92 Å². The highest BCUT2D eigenvalue weighted by Gasteiger charge is 2.33. The Balaban J connectivity index is 1.52. The molecule has 2 aliphatic heterocycles. The van der Waals surface area contributed by atoms with Crippen molar-refractivity contribution in [1.82, 2.24) is 15.1 Å². The maximum atomic E-state index is 3.51. The fraction of sp³-hybridized carbons (Fsp3) is 1.00. The van der Waals surface area contributed by atoms with Gasteiger partial charge in [0.1, 0.15) is 0 Å². The third-order valence-corrected chi connectivity index (χ3v) is 5.38. The normalized spacial score (nSPS) is 28.0. The molecule has 0 amide bonds. The first kappa shape index (κ1) is 17.2. The minimum atomic E-state index is 0.639. The molecule has 2 atom stereocenters. The van der Waals surface area contributed by atoms with Crippen LogP contribution in [0.3, 0.4) is 0 Å². The quantitative estimate of drug-likeness (QED) is 0.695. The van der Waals surface area contributed by atoms with Crippen molar-refractivity contribution in [2.45, 2.75) is 70.9 Å². The highest BCUT2D eigenvalue weighted by Crippen LogP contribution is 2.29. The van der Waals surface area contributed by atoms with E-state index in [1.165, 1.54) is 77.7 Å². The van der Waals surface area contributed by atoms with Gasteiger partial charge in [-0.05, 0) is 71.2 Å². The summed E-state index contributed by atoms with van der Waals surface area (Å²) in [5.41, 5.74) is 0. The van der Waals surface area contributed by atoms with E-state index in [4.69, 9.17) is 0 Å². The van der Waals surface area contributed by atoms with Crippen LogP contribution in [0.1, 0.15) is 58.8 Å². The zero-order chi connectivity index (χ0) is 15.1. The number of piperidine rings is 2. The van der Waals surface area contributed by atoms with Gasteiger partial charge in [-0.2, -0.15) is 0 Å². The lowest BCUT2D eigenvalue weighted by molar-refractivity contribution is 0.0380. The number of fused-ring (bicyclic) bond motifs is 1. The summed E-state index contributed by atoms with van der Waals surface area (Å²) in [6.07, 6.45) is 9.81. The summed E-state index contributed by atoms with van der Waals surface area (Å²) in [4.78, 5) is 5.36. The third kappa shape index (κ3) is 5.88. The van der Waals surface area contributed by atoms with Crippen molar-refractivity contribution >= 4 is 0 Å². The molecule has 2 fully saturated rings. The smallest absolute Gasteiger partial charge is 0.0145 e. The van der Waals surface area contributed by atoms with Crippen molar-refractivity contribution in [3.05, 3.63) is 0 Å². The van der Waals surface area contributed by atoms with Crippen molar-refractivity contribution in [3.8, 4) is 0 Å². The Morgan fingerprint density at radius 3 is 2.67 bits per heavy atom. The number of rotatable bonds is 8. The summed E-state index contributed by atoms with van der Waals surface area (Å²) in [7, 11) is 2.33. The summed E-state index contributed by atoms with van der Waals surface area (Å²) in [6.45, 7) is 11.0. The molecular formula is C18H37N3. The molecule has 3 nitrogen and oxygen atoms in total. The van der Waals surface area contributed by atoms with Gasteiger partial charge in [-0.3, -0.25) is 0 Å². The maximum absolute atomic E-state index is 3.51. The van der Waals surface area contributed by atoms with Gasteiger partial charge in [0.2, 0.25) is 0 Å². The van der Waals surface area contributed by atoms with Gasteiger partial charge < -0.3 is 15.1 Å². The SMILES string of the molecule is CC(C)NCCCCCCN1CCC2C(CCCN2C)C1. The summed E-state index contributed by atoms with van der Waals surface area (Å²) in [6, 6.07) is 1.53. The Labute approximate surface area is 132 Å². The monoisotopic (exact) mass is 295 g/mol. The van der Waals surface area contributed by atoms with Gasteiger partial charge in [-0.1, -0.05) is 26.7 Å². The van der Waals surface area contributed by atoms with Crippen LogP contribution < -0.4 is 5.32 Å². The van der Waals surface area contributed by atoms with Gasteiger partial charge in [0.25, 0.3) is 0 Å². The summed E-state index contributed by atoms with van der Waals surface area (Å²) >= 11 is 0. The van der Waals surface area contributed by atoms with Gasteiger partial charge in [0.15, 0.2) is 0 Å². The molecule has 0 aromatic carbocycles.